The van der Waals surface area contributed by atoms with E-state index in [9.17, 15) is 17.6 Å². The van der Waals surface area contributed by atoms with Gasteiger partial charge in [-0.25, -0.2) is 12.8 Å². The summed E-state index contributed by atoms with van der Waals surface area (Å²) >= 11 is 0. The van der Waals surface area contributed by atoms with Gasteiger partial charge in [0.25, 0.3) is 0 Å². The van der Waals surface area contributed by atoms with Gasteiger partial charge in [0.2, 0.25) is 15.9 Å². The second-order valence-electron chi connectivity index (χ2n) is 7.04. The molecule has 1 aromatic rings. The maximum Gasteiger partial charge on any atom is 0.243 e. The molecule has 1 amide bonds. The minimum atomic E-state index is -3.69. The SMILES string of the molecule is O=C(CN1CCN(S(=O)(=O)c2cccc(F)c2)CC1)NC1CCCCC1. The van der Waals surface area contributed by atoms with Crippen molar-refractivity contribution < 1.29 is 17.6 Å². The van der Waals surface area contributed by atoms with Crippen LogP contribution in [-0.2, 0) is 14.8 Å². The third-order valence-corrected chi connectivity index (χ3v) is 7.00. The second-order valence-corrected chi connectivity index (χ2v) is 8.98. The molecule has 0 unspecified atom stereocenters. The van der Waals surface area contributed by atoms with Crippen LogP contribution in [0.25, 0.3) is 0 Å². The number of hydrogen-bond acceptors (Lipinski definition) is 4. The number of carbonyl (C=O) groups excluding carboxylic acids is 1. The number of halogens is 1. The van der Waals surface area contributed by atoms with Crippen molar-refractivity contribution in [1.82, 2.24) is 14.5 Å². The Labute approximate surface area is 154 Å². The van der Waals surface area contributed by atoms with Crippen LogP contribution in [0.4, 0.5) is 4.39 Å². The highest BCUT2D eigenvalue weighted by Crippen LogP contribution is 2.19. The summed E-state index contributed by atoms with van der Waals surface area (Å²) in [5.74, 6) is -0.553. The average molecular weight is 383 g/mol. The summed E-state index contributed by atoms with van der Waals surface area (Å²) in [5.41, 5.74) is 0. The molecule has 1 N–H and O–H groups in total. The Balaban J connectivity index is 1.50. The number of carbonyl (C=O) groups is 1. The van der Waals surface area contributed by atoms with E-state index in [2.05, 4.69) is 5.32 Å². The minimum absolute atomic E-state index is 0.0123. The second kappa shape index (κ2) is 8.45. The van der Waals surface area contributed by atoms with E-state index in [1.807, 2.05) is 4.90 Å². The van der Waals surface area contributed by atoms with Gasteiger partial charge in [0.05, 0.1) is 11.4 Å². The highest BCUT2D eigenvalue weighted by Gasteiger charge is 2.29. The molecule has 0 bridgehead atoms. The van der Waals surface area contributed by atoms with Crippen molar-refractivity contribution in [3.63, 3.8) is 0 Å². The molecule has 0 aromatic heterocycles. The molecule has 1 saturated heterocycles. The van der Waals surface area contributed by atoms with E-state index in [1.165, 1.54) is 41.8 Å². The predicted molar refractivity (Wildman–Crippen MR) is 96.6 cm³/mol. The van der Waals surface area contributed by atoms with Crippen molar-refractivity contribution in [2.45, 2.75) is 43.0 Å². The zero-order valence-corrected chi connectivity index (χ0v) is 15.7. The first-order chi connectivity index (χ1) is 12.4. The smallest absolute Gasteiger partial charge is 0.243 e. The van der Waals surface area contributed by atoms with E-state index in [0.717, 1.165) is 18.9 Å². The van der Waals surface area contributed by atoms with Crippen LogP contribution in [0.1, 0.15) is 32.1 Å². The zero-order chi connectivity index (χ0) is 18.6. The van der Waals surface area contributed by atoms with Crippen molar-refractivity contribution in [1.29, 1.82) is 0 Å². The fourth-order valence-corrected chi connectivity index (χ4v) is 5.08. The molecular formula is C18H26FN3O3S. The number of rotatable bonds is 5. The van der Waals surface area contributed by atoms with Gasteiger partial charge in [-0.2, -0.15) is 4.31 Å². The van der Waals surface area contributed by atoms with Gasteiger partial charge in [0.1, 0.15) is 5.82 Å². The number of amides is 1. The zero-order valence-electron chi connectivity index (χ0n) is 14.9. The van der Waals surface area contributed by atoms with Gasteiger partial charge in [-0.15, -0.1) is 0 Å². The molecular weight excluding hydrogens is 357 g/mol. The first-order valence-corrected chi connectivity index (χ1v) is 10.7. The first-order valence-electron chi connectivity index (χ1n) is 9.22. The Morgan fingerprint density at radius 3 is 2.46 bits per heavy atom. The third-order valence-electron chi connectivity index (χ3n) is 5.10. The molecule has 1 heterocycles. The van der Waals surface area contributed by atoms with E-state index >= 15 is 0 Å². The lowest BCUT2D eigenvalue weighted by Gasteiger charge is -2.34. The van der Waals surface area contributed by atoms with Gasteiger partial charge in [0, 0.05) is 32.2 Å². The van der Waals surface area contributed by atoms with Crippen LogP contribution >= 0.6 is 0 Å². The molecule has 0 spiro atoms. The molecule has 2 aliphatic rings. The van der Waals surface area contributed by atoms with Gasteiger partial charge in [-0.05, 0) is 31.0 Å². The number of hydrogen-bond donors (Lipinski definition) is 1. The summed E-state index contributed by atoms with van der Waals surface area (Å²) in [6.45, 7) is 1.88. The van der Waals surface area contributed by atoms with Crippen LogP contribution in [0.15, 0.2) is 29.2 Å². The largest absolute Gasteiger partial charge is 0.352 e. The van der Waals surface area contributed by atoms with E-state index in [-0.39, 0.29) is 16.8 Å². The highest BCUT2D eigenvalue weighted by molar-refractivity contribution is 7.89. The van der Waals surface area contributed by atoms with Crippen molar-refractivity contribution >= 4 is 15.9 Å². The van der Waals surface area contributed by atoms with Gasteiger partial charge in [-0.3, -0.25) is 9.69 Å². The molecule has 6 nitrogen and oxygen atoms in total. The molecule has 144 valence electrons. The summed E-state index contributed by atoms with van der Waals surface area (Å²) in [6, 6.07) is 5.35. The lowest BCUT2D eigenvalue weighted by molar-refractivity contribution is -0.123. The Morgan fingerprint density at radius 2 is 1.81 bits per heavy atom. The molecule has 2 fully saturated rings. The van der Waals surface area contributed by atoms with Crippen molar-refractivity contribution in [3.8, 4) is 0 Å². The maximum atomic E-state index is 13.3. The number of piperazine rings is 1. The van der Waals surface area contributed by atoms with E-state index in [1.54, 1.807) is 0 Å². The summed E-state index contributed by atoms with van der Waals surface area (Å²) in [5, 5.41) is 3.09. The first kappa shape index (κ1) is 19.3. The Morgan fingerprint density at radius 1 is 1.12 bits per heavy atom. The number of nitrogens with one attached hydrogen (secondary N) is 1. The molecule has 3 rings (SSSR count). The summed E-state index contributed by atoms with van der Waals surface area (Å²) in [4.78, 5) is 14.1. The molecule has 0 radical (unpaired) electrons. The molecule has 26 heavy (non-hydrogen) atoms. The summed E-state index contributed by atoms with van der Waals surface area (Å²) in [6.07, 6.45) is 5.67. The van der Waals surface area contributed by atoms with Gasteiger partial charge in [-0.1, -0.05) is 25.3 Å². The standard InChI is InChI=1S/C18H26FN3O3S/c19-15-5-4-8-17(13-15)26(24,25)22-11-9-21(10-12-22)14-18(23)20-16-6-2-1-3-7-16/h4-5,8,13,16H,1-3,6-7,9-12,14H2,(H,20,23). The molecule has 1 aliphatic carbocycles. The summed E-state index contributed by atoms with van der Waals surface area (Å²) in [7, 11) is -3.69. The van der Waals surface area contributed by atoms with E-state index in [4.69, 9.17) is 0 Å². The Kier molecular flexibility index (Phi) is 6.26. The van der Waals surface area contributed by atoms with Crippen LogP contribution in [0, 0.1) is 5.82 Å². The maximum absolute atomic E-state index is 13.3. The predicted octanol–water partition coefficient (Wildman–Crippen LogP) is 1.58. The third kappa shape index (κ3) is 4.81. The Hall–Kier alpha value is -1.51. The van der Waals surface area contributed by atoms with Gasteiger partial charge < -0.3 is 5.32 Å². The summed E-state index contributed by atoms with van der Waals surface area (Å²) < 4.78 is 39.9. The molecule has 0 atom stereocenters. The van der Waals surface area contributed by atoms with Gasteiger partial charge >= 0.3 is 0 Å². The van der Waals surface area contributed by atoms with Crippen LogP contribution in [0.2, 0.25) is 0 Å². The van der Waals surface area contributed by atoms with E-state index in [0.29, 0.717) is 32.7 Å². The van der Waals surface area contributed by atoms with Crippen LogP contribution < -0.4 is 5.32 Å². The normalized spacial score (nSPS) is 20.8. The van der Waals surface area contributed by atoms with Crippen LogP contribution in [-0.4, -0.2) is 62.3 Å². The van der Waals surface area contributed by atoms with Crippen LogP contribution in [0.5, 0.6) is 0 Å². The molecule has 8 heteroatoms. The quantitative estimate of drug-likeness (QED) is 0.838. The van der Waals surface area contributed by atoms with Crippen molar-refractivity contribution in [2.75, 3.05) is 32.7 Å². The molecule has 1 saturated carbocycles. The topological polar surface area (TPSA) is 69.7 Å². The Bertz CT molecular complexity index is 727. The fourth-order valence-electron chi connectivity index (χ4n) is 3.63. The van der Waals surface area contributed by atoms with Gasteiger partial charge in [0.15, 0.2) is 0 Å². The van der Waals surface area contributed by atoms with E-state index < -0.39 is 15.8 Å². The average Bonchev–Trinajstić information content (AvgIpc) is 2.63. The fraction of sp³-hybridized carbons (Fsp3) is 0.611. The van der Waals surface area contributed by atoms with Crippen molar-refractivity contribution in [2.24, 2.45) is 0 Å². The lowest BCUT2D eigenvalue weighted by Crippen LogP contribution is -2.51. The minimum Gasteiger partial charge on any atom is -0.352 e. The molecule has 1 aliphatic heterocycles. The van der Waals surface area contributed by atoms with Crippen LogP contribution in [0.3, 0.4) is 0 Å². The number of sulfonamides is 1. The molecule has 1 aromatic carbocycles. The highest BCUT2D eigenvalue weighted by atomic mass is 32.2. The number of nitrogens with zero attached hydrogens (tertiary/aromatic N) is 2. The lowest BCUT2D eigenvalue weighted by atomic mass is 9.95. The number of benzene rings is 1. The monoisotopic (exact) mass is 383 g/mol. The van der Waals surface area contributed by atoms with Crippen molar-refractivity contribution in [3.05, 3.63) is 30.1 Å².